The molecular formula is C10H17NO3. The van der Waals surface area contributed by atoms with Gasteiger partial charge in [0.2, 0.25) is 5.91 Å². The molecule has 0 radical (unpaired) electrons. The van der Waals surface area contributed by atoms with Crippen LogP contribution in [0.15, 0.2) is 0 Å². The summed E-state index contributed by atoms with van der Waals surface area (Å²) in [6.07, 6.45) is 2.43. The maximum Gasteiger partial charge on any atom is 0.308 e. The van der Waals surface area contributed by atoms with Crippen LogP contribution < -0.4 is 0 Å². The summed E-state index contributed by atoms with van der Waals surface area (Å²) in [6.45, 7) is 3.40. The van der Waals surface area contributed by atoms with Crippen molar-refractivity contribution in [2.75, 3.05) is 20.2 Å². The second-order valence-electron chi connectivity index (χ2n) is 3.72. The zero-order valence-corrected chi connectivity index (χ0v) is 8.78. The fourth-order valence-electron chi connectivity index (χ4n) is 1.64. The van der Waals surface area contributed by atoms with Crippen LogP contribution in [-0.4, -0.2) is 37.0 Å². The SMILES string of the molecule is COC(=O)C(C)CC(=O)N1CCCC1. The average Bonchev–Trinajstić information content (AvgIpc) is 2.69. The number of carbonyl (C=O) groups is 2. The number of rotatable bonds is 3. The highest BCUT2D eigenvalue weighted by Crippen LogP contribution is 2.12. The topological polar surface area (TPSA) is 46.6 Å². The molecule has 80 valence electrons. The van der Waals surface area contributed by atoms with E-state index in [0.717, 1.165) is 25.9 Å². The molecule has 0 aromatic heterocycles. The molecule has 4 nitrogen and oxygen atoms in total. The van der Waals surface area contributed by atoms with Gasteiger partial charge in [-0.15, -0.1) is 0 Å². The first-order valence-corrected chi connectivity index (χ1v) is 5.00. The maximum atomic E-state index is 11.6. The van der Waals surface area contributed by atoms with Crippen LogP contribution in [0.25, 0.3) is 0 Å². The van der Waals surface area contributed by atoms with E-state index in [1.165, 1.54) is 7.11 Å². The van der Waals surface area contributed by atoms with Crippen molar-refractivity contribution in [2.24, 2.45) is 5.92 Å². The highest BCUT2D eigenvalue weighted by atomic mass is 16.5. The first-order chi connectivity index (χ1) is 6.65. The number of hydrogen-bond donors (Lipinski definition) is 0. The zero-order valence-electron chi connectivity index (χ0n) is 8.78. The van der Waals surface area contributed by atoms with Crippen LogP contribution in [0.3, 0.4) is 0 Å². The number of nitrogens with zero attached hydrogens (tertiary/aromatic N) is 1. The van der Waals surface area contributed by atoms with E-state index in [2.05, 4.69) is 4.74 Å². The largest absolute Gasteiger partial charge is 0.469 e. The summed E-state index contributed by atoms with van der Waals surface area (Å²) in [5.41, 5.74) is 0. The molecule has 0 bridgehead atoms. The summed E-state index contributed by atoms with van der Waals surface area (Å²) < 4.78 is 4.57. The van der Waals surface area contributed by atoms with E-state index in [1.54, 1.807) is 6.92 Å². The number of ether oxygens (including phenoxy) is 1. The Bertz CT molecular complexity index is 221. The van der Waals surface area contributed by atoms with Crippen LogP contribution in [0.1, 0.15) is 26.2 Å². The summed E-state index contributed by atoms with van der Waals surface area (Å²) >= 11 is 0. The number of esters is 1. The molecule has 0 spiro atoms. The molecule has 1 aliphatic rings. The summed E-state index contributed by atoms with van der Waals surface area (Å²) in [5.74, 6) is -0.564. The van der Waals surface area contributed by atoms with Crippen molar-refractivity contribution < 1.29 is 14.3 Å². The molecule has 1 unspecified atom stereocenters. The van der Waals surface area contributed by atoms with Gasteiger partial charge in [0.15, 0.2) is 0 Å². The number of amides is 1. The molecule has 1 aliphatic heterocycles. The van der Waals surface area contributed by atoms with Gasteiger partial charge in [-0.2, -0.15) is 0 Å². The van der Waals surface area contributed by atoms with Crippen LogP contribution in [-0.2, 0) is 14.3 Å². The lowest BCUT2D eigenvalue weighted by Crippen LogP contribution is -2.30. The highest BCUT2D eigenvalue weighted by Gasteiger charge is 2.23. The standard InChI is InChI=1S/C10H17NO3/c1-8(10(13)14-2)7-9(12)11-5-3-4-6-11/h8H,3-7H2,1-2H3. The monoisotopic (exact) mass is 199 g/mol. The number of carbonyl (C=O) groups excluding carboxylic acids is 2. The van der Waals surface area contributed by atoms with E-state index in [1.807, 2.05) is 4.90 Å². The van der Waals surface area contributed by atoms with E-state index >= 15 is 0 Å². The molecule has 1 saturated heterocycles. The van der Waals surface area contributed by atoms with Gasteiger partial charge in [-0.1, -0.05) is 6.92 Å². The van der Waals surface area contributed by atoms with Gasteiger partial charge >= 0.3 is 5.97 Å². The first kappa shape index (κ1) is 11.0. The third kappa shape index (κ3) is 2.72. The Morgan fingerprint density at radius 3 is 2.43 bits per heavy atom. The molecule has 0 aliphatic carbocycles. The maximum absolute atomic E-state index is 11.6. The van der Waals surface area contributed by atoms with Gasteiger partial charge in [-0.05, 0) is 12.8 Å². The lowest BCUT2D eigenvalue weighted by molar-refractivity contribution is -0.148. The van der Waals surface area contributed by atoms with Crippen molar-refractivity contribution >= 4 is 11.9 Å². The molecule has 0 aromatic carbocycles. The molecule has 1 fully saturated rings. The van der Waals surface area contributed by atoms with Crippen LogP contribution in [0.2, 0.25) is 0 Å². The van der Waals surface area contributed by atoms with E-state index in [9.17, 15) is 9.59 Å². The Morgan fingerprint density at radius 2 is 1.93 bits per heavy atom. The van der Waals surface area contributed by atoms with Crippen molar-refractivity contribution in [3.8, 4) is 0 Å². The van der Waals surface area contributed by atoms with E-state index in [4.69, 9.17) is 0 Å². The third-order valence-electron chi connectivity index (χ3n) is 2.54. The highest BCUT2D eigenvalue weighted by molar-refractivity contribution is 5.82. The van der Waals surface area contributed by atoms with Gasteiger partial charge in [-0.3, -0.25) is 9.59 Å². The van der Waals surface area contributed by atoms with Gasteiger partial charge < -0.3 is 9.64 Å². The summed E-state index contributed by atoms with van der Waals surface area (Å²) in [6, 6.07) is 0. The molecule has 4 heteroatoms. The molecule has 0 saturated carbocycles. The Kier molecular flexibility index (Phi) is 3.92. The molecule has 14 heavy (non-hydrogen) atoms. The van der Waals surface area contributed by atoms with Crippen LogP contribution >= 0.6 is 0 Å². The predicted octanol–water partition coefficient (Wildman–Crippen LogP) is 0.808. The lowest BCUT2D eigenvalue weighted by Gasteiger charge is -2.17. The molecule has 1 rings (SSSR count). The van der Waals surface area contributed by atoms with Crippen molar-refractivity contribution in [1.82, 2.24) is 4.90 Å². The fourth-order valence-corrected chi connectivity index (χ4v) is 1.64. The third-order valence-corrected chi connectivity index (χ3v) is 2.54. The molecule has 1 atom stereocenters. The second kappa shape index (κ2) is 4.98. The Hall–Kier alpha value is -1.06. The molecule has 0 N–H and O–H groups in total. The van der Waals surface area contributed by atoms with Gasteiger partial charge in [0.25, 0.3) is 0 Å². The van der Waals surface area contributed by atoms with Gasteiger partial charge in [-0.25, -0.2) is 0 Å². The molecule has 1 heterocycles. The Morgan fingerprint density at radius 1 is 1.36 bits per heavy atom. The first-order valence-electron chi connectivity index (χ1n) is 5.00. The Labute approximate surface area is 84.2 Å². The number of hydrogen-bond acceptors (Lipinski definition) is 3. The van der Waals surface area contributed by atoms with E-state index in [-0.39, 0.29) is 24.2 Å². The van der Waals surface area contributed by atoms with Gasteiger partial charge in [0.1, 0.15) is 0 Å². The van der Waals surface area contributed by atoms with E-state index in [0.29, 0.717) is 0 Å². The molecule has 0 aromatic rings. The van der Waals surface area contributed by atoms with Crippen LogP contribution in [0.5, 0.6) is 0 Å². The van der Waals surface area contributed by atoms with Crippen LogP contribution in [0, 0.1) is 5.92 Å². The molecule has 1 amide bonds. The minimum absolute atomic E-state index is 0.0698. The van der Waals surface area contributed by atoms with E-state index < -0.39 is 0 Å². The minimum Gasteiger partial charge on any atom is -0.469 e. The number of likely N-dealkylation sites (tertiary alicyclic amines) is 1. The fraction of sp³-hybridized carbons (Fsp3) is 0.800. The average molecular weight is 199 g/mol. The van der Waals surface area contributed by atoms with Gasteiger partial charge in [0, 0.05) is 19.5 Å². The van der Waals surface area contributed by atoms with Crippen LogP contribution in [0.4, 0.5) is 0 Å². The smallest absolute Gasteiger partial charge is 0.308 e. The summed E-state index contributed by atoms with van der Waals surface area (Å²) in [5, 5.41) is 0. The summed E-state index contributed by atoms with van der Waals surface area (Å²) in [4.78, 5) is 24.5. The Balaban J connectivity index is 2.35. The van der Waals surface area contributed by atoms with Gasteiger partial charge in [0.05, 0.1) is 13.0 Å². The number of methoxy groups -OCH3 is 1. The minimum atomic E-state index is -0.326. The normalized spacial score (nSPS) is 18.0. The zero-order chi connectivity index (χ0) is 10.6. The lowest BCUT2D eigenvalue weighted by atomic mass is 10.1. The predicted molar refractivity (Wildman–Crippen MR) is 51.6 cm³/mol. The quantitative estimate of drug-likeness (QED) is 0.632. The van der Waals surface area contributed by atoms with Crippen molar-refractivity contribution in [2.45, 2.75) is 26.2 Å². The van der Waals surface area contributed by atoms with Crippen molar-refractivity contribution in [1.29, 1.82) is 0 Å². The van der Waals surface area contributed by atoms with Crippen molar-refractivity contribution in [3.05, 3.63) is 0 Å². The second-order valence-corrected chi connectivity index (χ2v) is 3.72. The summed E-state index contributed by atoms with van der Waals surface area (Å²) in [7, 11) is 1.35. The van der Waals surface area contributed by atoms with Crippen molar-refractivity contribution in [3.63, 3.8) is 0 Å². The molecular weight excluding hydrogens is 182 g/mol.